The molecule has 0 aliphatic carbocycles. The number of amides is 2. The molecule has 0 aliphatic heterocycles. The van der Waals surface area contributed by atoms with Crippen molar-refractivity contribution in [3.05, 3.63) is 35.9 Å². The van der Waals surface area contributed by atoms with Gasteiger partial charge in [-0.25, -0.2) is 0 Å². The van der Waals surface area contributed by atoms with Crippen molar-refractivity contribution in [1.82, 2.24) is 10.6 Å². The van der Waals surface area contributed by atoms with Gasteiger partial charge in [-0.1, -0.05) is 30.3 Å². The van der Waals surface area contributed by atoms with E-state index in [4.69, 9.17) is 22.3 Å². The molecule has 0 radical (unpaired) electrons. The van der Waals surface area contributed by atoms with Crippen molar-refractivity contribution in [3.63, 3.8) is 0 Å². The average Bonchev–Trinajstić information content (AvgIpc) is 2.62. The molecule has 2 atom stereocenters. The first-order chi connectivity index (χ1) is 12.8. The number of nitrogens with zero attached hydrogens (tertiary/aromatic N) is 1. The van der Waals surface area contributed by atoms with Crippen LogP contribution >= 0.6 is 0 Å². The van der Waals surface area contributed by atoms with Gasteiger partial charge in [-0.05, 0) is 24.8 Å². The summed E-state index contributed by atoms with van der Waals surface area (Å²) in [6, 6.07) is 7.44. The molecule has 0 bridgehead atoms. The molecule has 0 saturated heterocycles. The highest BCUT2D eigenvalue weighted by Gasteiger charge is 2.24. The number of benzene rings is 1. The van der Waals surface area contributed by atoms with E-state index in [1.54, 1.807) is 0 Å². The quantitative estimate of drug-likeness (QED) is 0.150. The lowest BCUT2D eigenvalue weighted by Crippen LogP contribution is -2.52. The van der Waals surface area contributed by atoms with Crippen molar-refractivity contribution < 1.29 is 19.5 Å². The van der Waals surface area contributed by atoms with Crippen molar-refractivity contribution >= 4 is 23.7 Å². The molecule has 27 heavy (non-hydrogen) atoms. The third-order valence-electron chi connectivity index (χ3n) is 3.63. The van der Waals surface area contributed by atoms with Gasteiger partial charge in [0.05, 0.1) is 6.04 Å². The predicted octanol–water partition coefficient (Wildman–Crippen LogP) is -1.70. The molecule has 1 aromatic rings. The summed E-state index contributed by atoms with van der Waals surface area (Å²) < 4.78 is 0. The summed E-state index contributed by atoms with van der Waals surface area (Å²) in [6.07, 6.45) is 0.952. The summed E-state index contributed by atoms with van der Waals surface area (Å²) in [6.45, 7) is -0.272. The van der Waals surface area contributed by atoms with Crippen LogP contribution in [0.3, 0.4) is 0 Å². The molecule has 0 saturated carbocycles. The van der Waals surface area contributed by atoms with Crippen LogP contribution in [0, 0.1) is 0 Å². The Labute approximate surface area is 157 Å². The molecule has 9 N–H and O–H groups in total. The van der Waals surface area contributed by atoms with E-state index in [-0.39, 0.29) is 18.9 Å². The van der Waals surface area contributed by atoms with E-state index in [0.717, 1.165) is 5.56 Å². The van der Waals surface area contributed by atoms with E-state index < -0.39 is 36.4 Å². The van der Waals surface area contributed by atoms with Crippen molar-refractivity contribution in [2.75, 3.05) is 13.1 Å². The molecule has 1 rings (SSSR count). The largest absolute Gasteiger partial charge is 0.480 e. The maximum Gasteiger partial charge on any atom is 0.322 e. The zero-order valence-corrected chi connectivity index (χ0v) is 14.9. The van der Waals surface area contributed by atoms with Gasteiger partial charge in [0.15, 0.2) is 5.96 Å². The van der Waals surface area contributed by atoms with Crippen LogP contribution in [-0.2, 0) is 20.8 Å². The molecule has 2 amide bonds. The molecular formula is C17H26N6O4. The first-order valence-corrected chi connectivity index (χ1v) is 8.44. The number of carbonyl (C=O) groups is 3. The Morgan fingerprint density at radius 2 is 1.78 bits per heavy atom. The summed E-state index contributed by atoms with van der Waals surface area (Å²) in [5, 5.41) is 13.5. The van der Waals surface area contributed by atoms with E-state index in [1.165, 1.54) is 0 Å². The van der Waals surface area contributed by atoms with Gasteiger partial charge in [0.1, 0.15) is 12.6 Å². The van der Waals surface area contributed by atoms with Gasteiger partial charge in [-0.3, -0.25) is 19.4 Å². The van der Waals surface area contributed by atoms with Crippen molar-refractivity contribution in [2.24, 2.45) is 22.2 Å². The van der Waals surface area contributed by atoms with Crippen molar-refractivity contribution in [1.29, 1.82) is 0 Å². The summed E-state index contributed by atoms with van der Waals surface area (Å²) in [7, 11) is 0. The number of carboxylic acids is 1. The Balaban J connectivity index is 2.66. The highest BCUT2D eigenvalue weighted by atomic mass is 16.4. The number of carbonyl (C=O) groups excluding carboxylic acids is 2. The lowest BCUT2D eigenvalue weighted by molar-refractivity contribution is -0.138. The first kappa shape index (κ1) is 21.9. The van der Waals surface area contributed by atoms with Gasteiger partial charge in [-0.2, -0.15) is 0 Å². The van der Waals surface area contributed by atoms with Crippen LogP contribution in [0.2, 0.25) is 0 Å². The molecule has 10 nitrogen and oxygen atoms in total. The van der Waals surface area contributed by atoms with Crippen LogP contribution in [0.15, 0.2) is 35.3 Å². The van der Waals surface area contributed by atoms with Crippen LogP contribution in [0.1, 0.15) is 18.4 Å². The fourth-order valence-electron chi connectivity index (χ4n) is 2.30. The molecule has 0 aliphatic rings. The Morgan fingerprint density at radius 1 is 1.11 bits per heavy atom. The van der Waals surface area contributed by atoms with E-state index in [1.807, 2.05) is 30.3 Å². The number of aliphatic carboxylic acids is 1. The number of hydrogen-bond donors (Lipinski definition) is 6. The van der Waals surface area contributed by atoms with Crippen LogP contribution in [0.25, 0.3) is 0 Å². The van der Waals surface area contributed by atoms with E-state index in [2.05, 4.69) is 15.6 Å². The van der Waals surface area contributed by atoms with Gasteiger partial charge in [0.25, 0.3) is 0 Å². The Kier molecular flexibility index (Phi) is 9.30. The van der Waals surface area contributed by atoms with Crippen molar-refractivity contribution in [3.8, 4) is 0 Å². The summed E-state index contributed by atoms with van der Waals surface area (Å²) in [5.74, 6) is -2.37. The molecule has 0 heterocycles. The smallest absolute Gasteiger partial charge is 0.322 e. The minimum absolute atomic E-state index is 0.0733. The number of hydrogen-bond acceptors (Lipinski definition) is 5. The third-order valence-corrected chi connectivity index (χ3v) is 3.63. The molecule has 1 aromatic carbocycles. The maximum absolute atomic E-state index is 12.3. The second-order valence-corrected chi connectivity index (χ2v) is 5.92. The third kappa shape index (κ3) is 9.21. The molecule has 0 fully saturated rings. The molecule has 2 unspecified atom stereocenters. The fourth-order valence-corrected chi connectivity index (χ4v) is 2.30. The van der Waals surface area contributed by atoms with Gasteiger partial charge >= 0.3 is 5.97 Å². The normalized spacial score (nSPS) is 12.5. The van der Waals surface area contributed by atoms with Crippen LogP contribution in [0.5, 0.6) is 0 Å². The van der Waals surface area contributed by atoms with E-state index in [9.17, 15) is 14.4 Å². The average molecular weight is 378 g/mol. The molecule has 0 spiro atoms. The number of rotatable bonds is 11. The fraction of sp³-hybridized carbons (Fsp3) is 0.412. The van der Waals surface area contributed by atoms with Gasteiger partial charge in [0, 0.05) is 6.54 Å². The number of nitrogens with one attached hydrogen (secondary N) is 2. The topological polar surface area (TPSA) is 186 Å². The first-order valence-electron chi connectivity index (χ1n) is 8.44. The minimum atomic E-state index is -1.19. The number of guanidine groups is 1. The number of carboxylic acid groups (broad SMARTS) is 1. The van der Waals surface area contributed by atoms with Crippen molar-refractivity contribution in [2.45, 2.75) is 31.3 Å². The summed E-state index contributed by atoms with van der Waals surface area (Å²) in [4.78, 5) is 39.0. The zero-order chi connectivity index (χ0) is 20.2. The van der Waals surface area contributed by atoms with Crippen LogP contribution in [-0.4, -0.2) is 54.0 Å². The highest BCUT2D eigenvalue weighted by molar-refractivity contribution is 5.91. The van der Waals surface area contributed by atoms with E-state index in [0.29, 0.717) is 12.8 Å². The lowest BCUT2D eigenvalue weighted by atomic mass is 10.0. The number of aliphatic imine (C=N–C) groups is 1. The maximum atomic E-state index is 12.3. The SMILES string of the molecule is NC(N)=NCCCC(NC(=O)C(N)Cc1ccccc1)C(=O)NCC(=O)O. The standard InChI is InChI=1S/C17H26N6O4/c18-12(9-11-5-2-1-3-6-11)15(26)23-13(7-4-8-21-17(19)20)16(27)22-10-14(24)25/h1-3,5-6,12-13H,4,7-10,18H2,(H,22,27)(H,23,26)(H,24,25)(H4,19,20,21). The Bertz CT molecular complexity index is 661. The lowest BCUT2D eigenvalue weighted by Gasteiger charge is -2.20. The second kappa shape index (κ2) is 11.5. The monoisotopic (exact) mass is 378 g/mol. The second-order valence-electron chi connectivity index (χ2n) is 5.92. The van der Waals surface area contributed by atoms with Crippen LogP contribution in [0.4, 0.5) is 0 Å². The molecule has 10 heteroatoms. The molecule has 0 aromatic heterocycles. The summed E-state index contributed by atoms with van der Waals surface area (Å²) in [5.41, 5.74) is 17.3. The zero-order valence-electron chi connectivity index (χ0n) is 14.9. The minimum Gasteiger partial charge on any atom is -0.480 e. The summed E-state index contributed by atoms with van der Waals surface area (Å²) >= 11 is 0. The Hall–Kier alpha value is -3.14. The molecular weight excluding hydrogens is 352 g/mol. The van der Waals surface area contributed by atoms with E-state index >= 15 is 0 Å². The van der Waals surface area contributed by atoms with Gasteiger partial charge < -0.3 is 32.9 Å². The van der Waals surface area contributed by atoms with Gasteiger partial charge in [0.2, 0.25) is 11.8 Å². The van der Waals surface area contributed by atoms with Gasteiger partial charge in [-0.15, -0.1) is 0 Å². The predicted molar refractivity (Wildman–Crippen MR) is 101 cm³/mol. The highest BCUT2D eigenvalue weighted by Crippen LogP contribution is 2.04. The molecule has 148 valence electrons. The Morgan fingerprint density at radius 3 is 2.37 bits per heavy atom. The number of nitrogens with two attached hydrogens (primary N) is 3. The van der Waals surface area contributed by atoms with Crippen LogP contribution < -0.4 is 27.8 Å².